The molecule has 17 heavy (non-hydrogen) atoms. The lowest BCUT2D eigenvalue weighted by atomic mass is 10.1. The minimum absolute atomic E-state index is 0.239. The molecule has 0 aromatic heterocycles. The van der Waals surface area contributed by atoms with Crippen molar-refractivity contribution in [1.82, 2.24) is 5.32 Å². The number of benzene rings is 1. The predicted molar refractivity (Wildman–Crippen MR) is 57.1 cm³/mol. The number of aliphatic hydroxyl groups is 1. The third-order valence-electron chi connectivity index (χ3n) is 2.05. The number of halogens is 1. The summed E-state index contributed by atoms with van der Waals surface area (Å²) in [6, 6.07) is 2.14. The summed E-state index contributed by atoms with van der Waals surface area (Å²) in [5.41, 5.74) is -0.843. The van der Waals surface area contributed by atoms with Crippen LogP contribution in [0.4, 0.5) is 10.1 Å². The van der Waals surface area contributed by atoms with Gasteiger partial charge >= 0.3 is 0 Å². The van der Waals surface area contributed by atoms with Gasteiger partial charge in [-0.25, -0.2) is 4.39 Å². The minimum Gasteiger partial charge on any atom is -0.394 e. The van der Waals surface area contributed by atoms with E-state index in [2.05, 4.69) is 5.32 Å². The third-order valence-corrected chi connectivity index (χ3v) is 2.05. The Hall–Kier alpha value is -2.02. The smallest absolute Gasteiger partial charge is 0.285 e. The fraction of sp³-hybridized carbons (Fsp3) is 0.300. The molecule has 0 fully saturated rings. The summed E-state index contributed by atoms with van der Waals surface area (Å²) in [6.07, 6.45) is 0. The zero-order chi connectivity index (χ0) is 13.0. The molecule has 1 atom stereocenters. The van der Waals surface area contributed by atoms with Crippen LogP contribution in [0.25, 0.3) is 0 Å². The van der Waals surface area contributed by atoms with Gasteiger partial charge in [0, 0.05) is 6.04 Å². The van der Waals surface area contributed by atoms with E-state index in [1.165, 1.54) is 6.92 Å². The monoisotopic (exact) mass is 242 g/mol. The Morgan fingerprint density at radius 3 is 2.82 bits per heavy atom. The highest BCUT2D eigenvalue weighted by molar-refractivity contribution is 5.98. The molecule has 0 bridgehead atoms. The van der Waals surface area contributed by atoms with Gasteiger partial charge in [0.2, 0.25) is 0 Å². The van der Waals surface area contributed by atoms with Crippen molar-refractivity contribution in [3.8, 4) is 0 Å². The molecule has 0 aliphatic heterocycles. The molecule has 7 heteroatoms. The quantitative estimate of drug-likeness (QED) is 0.604. The molecule has 1 amide bonds. The normalized spacial score (nSPS) is 11.9. The Kier molecular flexibility index (Phi) is 4.11. The van der Waals surface area contributed by atoms with Crippen LogP contribution in [0.5, 0.6) is 0 Å². The Labute approximate surface area is 96.2 Å². The average molecular weight is 242 g/mol. The summed E-state index contributed by atoms with van der Waals surface area (Å²) >= 11 is 0. The van der Waals surface area contributed by atoms with Crippen molar-refractivity contribution in [2.24, 2.45) is 0 Å². The number of aliphatic hydroxyl groups excluding tert-OH is 1. The number of nitro groups is 1. The predicted octanol–water partition coefficient (Wildman–Crippen LogP) is 0.845. The van der Waals surface area contributed by atoms with Gasteiger partial charge in [-0.1, -0.05) is 0 Å². The standard InChI is InChI=1S/C10H11FN2O4/c1-6(5-14)12-10(15)8-3-2-7(11)4-9(8)13(16)17/h2-4,6,14H,5H2,1H3,(H,12,15)/t6-/m1/s1. The lowest BCUT2D eigenvalue weighted by Gasteiger charge is -2.10. The van der Waals surface area contributed by atoms with E-state index in [-0.39, 0.29) is 12.2 Å². The molecule has 1 aromatic carbocycles. The number of nitrogens with zero attached hydrogens (tertiary/aromatic N) is 1. The van der Waals surface area contributed by atoms with Crippen LogP contribution in [0.1, 0.15) is 17.3 Å². The molecule has 0 radical (unpaired) electrons. The fourth-order valence-electron chi connectivity index (χ4n) is 1.20. The number of nitrogens with one attached hydrogen (secondary N) is 1. The Morgan fingerprint density at radius 1 is 1.65 bits per heavy atom. The minimum atomic E-state index is -0.832. The zero-order valence-corrected chi connectivity index (χ0v) is 9.01. The van der Waals surface area contributed by atoms with Gasteiger partial charge in [0.15, 0.2) is 0 Å². The molecule has 0 spiro atoms. The van der Waals surface area contributed by atoms with Crippen LogP contribution < -0.4 is 5.32 Å². The van der Waals surface area contributed by atoms with Crippen LogP contribution in [0, 0.1) is 15.9 Å². The lowest BCUT2D eigenvalue weighted by molar-refractivity contribution is -0.385. The number of carbonyl (C=O) groups is 1. The highest BCUT2D eigenvalue weighted by atomic mass is 19.1. The fourth-order valence-corrected chi connectivity index (χ4v) is 1.20. The highest BCUT2D eigenvalue weighted by Crippen LogP contribution is 2.19. The summed E-state index contributed by atoms with van der Waals surface area (Å²) in [5, 5.41) is 21.7. The van der Waals surface area contributed by atoms with Gasteiger partial charge in [-0.2, -0.15) is 0 Å². The molecule has 2 N–H and O–H groups in total. The first-order valence-corrected chi connectivity index (χ1v) is 4.81. The van der Waals surface area contributed by atoms with Crippen molar-refractivity contribution in [3.05, 3.63) is 39.7 Å². The van der Waals surface area contributed by atoms with E-state index in [9.17, 15) is 19.3 Å². The second kappa shape index (κ2) is 5.35. The molecular formula is C10H11FN2O4. The molecule has 0 saturated carbocycles. The summed E-state index contributed by atoms with van der Waals surface area (Å²) in [6.45, 7) is 1.24. The van der Waals surface area contributed by atoms with Gasteiger partial charge in [-0.15, -0.1) is 0 Å². The number of hydrogen-bond donors (Lipinski definition) is 2. The number of amides is 1. The second-order valence-corrected chi connectivity index (χ2v) is 3.48. The SMILES string of the molecule is C[C@H](CO)NC(=O)c1ccc(F)cc1[N+](=O)[O-]. The molecule has 0 aliphatic rings. The van der Waals surface area contributed by atoms with E-state index in [0.717, 1.165) is 12.1 Å². The average Bonchev–Trinajstić information content (AvgIpc) is 2.28. The van der Waals surface area contributed by atoms with Crippen LogP contribution in [0.2, 0.25) is 0 Å². The van der Waals surface area contributed by atoms with Crippen LogP contribution in [0.3, 0.4) is 0 Å². The Bertz CT molecular complexity index is 450. The zero-order valence-electron chi connectivity index (χ0n) is 9.01. The van der Waals surface area contributed by atoms with E-state index in [1.807, 2.05) is 0 Å². The third kappa shape index (κ3) is 3.22. The molecule has 6 nitrogen and oxygen atoms in total. The molecule has 1 aromatic rings. The molecule has 0 aliphatic carbocycles. The van der Waals surface area contributed by atoms with Crippen molar-refractivity contribution >= 4 is 11.6 Å². The van der Waals surface area contributed by atoms with Crippen molar-refractivity contribution in [1.29, 1.82) is 0 Å². The number of nitro benzene ring substituents is 1. The van der Waals surface area contributed by atoms with Crippen LogP contribution >= 0.6 is 0 Å². The van der Waals surface area contributed by atoms with E-state index in [1.54, 1.807) is 0 Å². The molecule has 0 heterocycles. The number of carbonyl (C=O) groups excluding carboxylic acids is 1. The van der Waals surface area contributed by atoms with Gasteiger partial charge in [-0.05, 0) is 19.1 Å². The molecule has 0 unspecified atom stereocenters. The van der Waals surface area contributed by atoms with E-state index >= 15 is 0 Å². The number of hydrogen-bond acceptors (Lipinski definition) is 4. The summed E-state index contributed by atoms with van der Waals surface area (Å²) < 4.78 is 12.8. The summed E-state index contributed by atoms with van der Waals surface area (Å²) in [7, 11) is 0. The second-order valence-electron chi connectivity index (χ2n) is 3.48. The van der Waals surface area contributed by atoms with E-state index in [0.29, 0.717) is 6.07 Å². The van der Waals surface area contributed by atoms with Crippen molar-refractivity contribution in [2.45, 2.75) is 13.0 Å². The maximum absolute atomic E-state index is 12.8. The first-order chi connectivity index (χ1) is 7.95. The number of rotatable bonds is 4. The van der Waals surface area contributed by atoms with Crippen LogP contribution in [-0.4, -0.2) is 28.6 Å². The van der Waals surface area contributed by atoms with E-state index < -0.39 is 28.4 Å². The van der Waals surface area contributed by atoms with Gasteiger partial charge < -0.3 is 10.4 Å². The summed E-state index contributed by atoms with van der Waals surface area (Å²) in [5.74, 6) is -1.51. The first-order valence-electron chi connectivity index (χ1n) is 4.81. The molecule has 92 valence electrons. The van der Waals surface area contributed by atoms with Gasteiger partial charge in [0.25, 0.3) is 11.6 Å². The van der Waals surface area contributed by atoms with Crippen molar-refractivity contribution in [3.63, 3.8) is 0 Å². The maximum atomic E-state index is 12.8. The maximum Gasteiger partial charge on any atom is 0.285 e. The Balaban J connectivity index is 3.04. The van der Waals surface area contributed by atoms with Crippen molar-refractivity contribution in [2.75, 3.05) is 6.61 Å². The Morgan fingerprint density at radius 2 is 2.29 bits per heavy atom. The van der Waals surface area contributed by atoms with E-state index in [4.69, 9.17) is 5.11 Å². The summed E-state index contributed by atoms with van der Waals surface area (Å²) in [4.78, 5) is 21.4. The van der Waals surface area contributed by atoms with Crippen LogP contribution in [-0.2, 0) is 0 Å². The van der Waals surface area contributed by atoms with Crippen LogP contribution in [0.15, 0.2) is 18.2 Å². The molecular weight excluding hydrogens is 231 g/mol. The van der Waals surface area contributed by atoms with Gasteiger partial charge in [0.05, 0.1) is 17.6 Å². The largest absolute Gasteiger partial charge is 0.394 e. The first kappa shape index (κ1) is 13.0. The van der Waals surface area contributed by atoms with Gasteiger partial charge in [-0.3, -0.25) is 14.9 Å². The molecule has 1 rings (SSSR count). The highest BCUT2D eigenvalue weighted by Gasteiger charge is 2.21. The molecule has 0 saturated heterocycles. The lowest BCUT2D eigenvalue weighted by Crippen LogP contribution is -2.35. The van der Waals surface area contributed by atoms with Crippen molar-refractivity contribution < 1.29 is 19.2 Å². The van der Waals surface area contributed by atoms with Gasteiger partial charge in [0.1, 0.15) is 11.4 Å². The topological polar surface area (TPSA) is 92.5 Å².